The molecule has 2 aromatic rings. The van der Waals surface area contributed by atoms with Crippen molar-refractivity contribution in [2.24, 2.45) is 0 Å². The first-order chi connectivity index (χ1) is 14.1. The van der Waals surface area contributed by atoms with Crippen molar-refractivity contribution in [3.8, 4) is 0 Å². The molecular weight excluding hydrogens is 356 g/mol. The van der Waals surface area contributed by atoms with Crippen molar-refractivity contribution in [3.63, 3.8) is 0 Å². The Kier molecular flexibility index (Phi) is 7.65. The molecule has 29 heavy (non-hydrogen) atoms. The molecule has 0 spiro atoms. The van der Waals surface area contributed by atoms with Gasteiger partial charge in [0, 0.05) is 18.2 Å². The molecule has 0 aromatic heterocycles. The zero-order valence-electron chi connectivity index (χ0n) is 17.9. The quantitative estimate of drug-likeness (QED) is 0.503. The maximum atomic E-state index is 12.3. The van der Waals surface area contributed by atoms with Gasteiger partial charge in [0.25, 0.3) is 0 Å². The lowest BCUT2D eigenvalue weighted by atomic mass is 9.74. The smallest absolute Gasteiger partial charge is 0.243 e. The van der Waals surface area contributed by atoms with E-state index in [4.69, 9.17) is 0 Å². The number of hydrogen-bond donors (Lipinski definition) is 1. The van der Waals surface area contributed by atoms with E-state index in [1.165, 1.54) is 16.7 Å². The van der Waals surface area contributed by atoms with E-state index in [1.807, 2.05) is 12.1 Å². The summed E-state index contributed by atoms with van der Waals surface area (Å²) in [4.78, 5) is 14.7. The normalized spacial score (nSPS) is 19.2. The summed E-state index contributed by atoms with van der Waals surface area (Å²) in [5.74, 6) is 0.0665. The first-order valence-electron chi connectivity index (χ1n) is 10.8. The highest BCUT2D eigenvalue weighted by Crippen LogP contribution is 2.42. The number of carbonyl (C=O) groups excluding carboxylic acids is 1. The molecule has 0 atom stereocenters. The summed E-state index contributed by atoms with van der Waals surface area (Å²) in [7, 11) is 4.34. The second kappa shape index (κ2) is 10.4. The van der Waals surface area contributed by atoms with Crippen LogP contribution >= 0.6 is 0 Å². The van der Waals surface area contributed by atoms with E-state index in [0.29, 0.717) is 0 Å². The van der Waals surface area contributed by atoms with Crippen LogP contribution in [-0.2, 0) is 16.8 Å². The number of rotatable bonds is 8. The number of hydrogen-bond acceptors (Lipinski definition) is 2. The summed E-state index contributed by atoms with van der Waals surface area (Å²) in [6, 6.07) is 21.3. The first kappa shape index (κ1) is 21.3. The molecule has 154 valence electrons. The van der Waals surface area contributed by atoms with E-state index < -0.39 is 0 Å². The highest BCUT2D eigenvalue weighted by Gasteiger charge is 2.37. The van der Waals surface area contributed by atoms with Gasteiger partial charge >= 0.3 is 0 Å². The maximum absolute atomic E-state index is 12.3. The molecule has 2 aromatic carbocycles. The third-order valence-corrected chi connectivity index (χ3v) is 6.26. The molecule has 0 heterocycles. The minimum absolute atomic E-state index is 0.0665. The van der Waals surface area contributed by atoms with Gasteiger partial charge in [-0.25, -0.2) is 0 Å². The van der Waals surface area contributed by atoms with E-state index >= 15 is 0 Å². The van der Waals surface area contributed by atoms with Crippen LogP contribution in [0, 0.1) is 0 Å². The number of benzene rings is 2. The predicted octanol–water partition coefficient (Wildman–Crippen LogP) is 5.08. The van der Waals surface area contributed by atoms with Crippen LogP contribution < -0.4 is 5.32 Å². The third-order valence-electron chi connectivity index (χ3n) is 6.26. The average molecular weight is 391 g/mol. The molecule has 1 amide bonds. The fraction of sp³-hybridized carbons (Fsp3) is 0.423. The molecule has 0 bridgehead atoms. The van der Waals surface area contributed by atoms with Crippen molar-refractivity contribution in [3.05, 3.63) is 83.4 Å². The Morgan fingerprint density at radius 3 is 2.21 bits per heavy atom. The summed E-state index contributed by atoms with van der Waals surface area (Å²) in [5, 5.41) is 3.07. The van der Waals surface area contributed by atoms with Gasteiger partial charge in [0.05, 0.1) is 0 Å². The van der Waals surface area contributed by atoms with Gasteiger partial charge in [0.15, 0.2) is 0 Å². The Balaban J connectivity index is 1.44. The van der Waals surface area contributed by atoms with Gasteiger partial charge in [-0.05, 0) is 70.2 Å². The monoisotopic (exact) mass is 390 g/mol. The molecule has 0 radical (unpaired) electrons. The number of carbonyl (C=O) groups is 1. The molecule has 0 saturated heterocycles. The molecular formula is C26H34N2O. The lowest BCUT2D eigenvalue weighted by molar-refractivity contribution is -0.116. The molecule has 1 fully saturated rings. The van der Waals surface area contributed by atoms with Crippen molar-refractivity contribution < 1.29 is 4.79 Å². The van der Waals surface area contributed by atoms with Crippen LogP contribution in [0.15, 0.2) is 72.3 Å². The fourth-order valence-electron chi connectivity index (χ4n) is 4.42. The van der Waals surface area contributed by atoms with Gasteiger partial charge in [0.1, 0.15) is 0 Å². The fourth-order valence-corrected chi connectivity index (χ4v) is 4.42. The Morgan fingerprint density at radius 1 is 0.966 bits per heavy atom. The summed E-state index contributed by atoms with van der Waals surface area (Å²) in [6.07, 6.45) is 9.11. The van der Waals surface area contributed by atoms with Crippen LogP contribution in [-0.4, -0.2) is 31.4 Å². The van der Waals surface area contributed by atoms with Crippen molar-refractivity contribution in [1.29, 1.82) is 0 Å². The number of nitrogens with zero attached hydrogens (tertiary/aromatic N) is 1. The molecule has 1 saturated carbocycles. The minimum Gasteiger partial charge on any atom is -0.353 e. The van der Waals surface area contributed by atoms with Gasteiger partial charge < -0.3 is 5.32 Å². The second-order valence-corrected chi connectivity index (χ2v) is 8.33. The highest BCUT2D eigenvalue weighted by atomic mass is 16.1. The molecule has 0 unspecified atom stereocenters. The average Bonchev–Trinajstić information content (AvgIpc) is 2.75. The summed E-state index contributed by atoms with van der Waals surface area (Å²) < 4.78 is 0. The molecule has 3 heteroatoms. The molecule has 1 aliphatic rings. The zero-order valence-corrected chi connectivity index (χ0v) is 17.9. The van der Waals surface area contributed by atoms with Gasteiger partial charge in [-0.15, -0.1) is 0 Å². The van der Waals surface area contributed by atoms with Crippen LogP contribution in [0.2, 0.25) is 0 Å². The zero-order chi connectivity index (χ0) is 20.5. The minimum atomic E-state index is 0.0665. The van der Waals surface area contributed by atoms with Crippen LogP contribution in [0.4, 0.5) is 0 Å². The van der Waals surface area contributed by atoms with E-state index in [0.717, 1.165) is 51.5 Å². The number of amides is 1. The van der Waals surface area contributed by atoms with Crippen LogP contribution in [0.3, 0.4) is 0 Å². The molecule has 0 aliphatic heterocycles. The second-order valence-electron chi connectivity index (χ2n) is 8.33. The van der Waals surface area contributed by atoms with Crippen LogP contribution in [0.25, 0.3) is 0 Å². The molecule has 3 nitrogen and oxygen atoms in total. The summed E-state index contributed by atoms with van der Waals surface area (Å²) in [5.41, 5.74) is 4.10. The summed E-state index contributed by atoms with van der Waals surface area (Å²) in [6.45, 7) is 0.751. The SMILES string of the molecule is CN(C)C1(c2ccccc2)CCC(=CC(=O)NCCCCc2ccccc2)CC1. The topological polar surface area (TPSA) is 32.3 Å². The Morgan fingerprint density at radius 2 is 1.59 bits per heavy atom. The third kappa shape index (κ3) is 5.80. The largest absolute Gasteiger partial charge is 0.353 e. The van der Waals surface area contributed by atoms with Gasteiger partial charge in [-0.2, -0.15) is 0 Å². The number of aryl methyl sites for hydroxylation is 1. The predicted molar refractivity (Wildman–Crippen MR) is 121 cm³/mol. The maximum Gasteiger partial charge on any atom is 0.243 e. The van der Waals surface area contributed by atoms with Gasteiger partial charge in [0.2, 0.25) is 5.91 Å². The van der Waals surface area contributed by atoms with Crippen molar-refractivity contribution in [2.75, 3.05) is 20.6 Å². The number of unbranched alkanes of at least 4 members (excludes halogenated alkanes) is 1. The Bertz CT molecular complexity index is 786. The van der Waals surface area contributed by atoms with E-state index in [1.54, 1.807) is 0 Å². The number of nitrogens with one attached hydrogen (secondary N) is 1. The summed E-state index contributed by atoms with van der Waals surface area (Å²) >= 11 is 0. The lowest BCUT2D eigenvalue weighted by Crippen LogP contribution is -2.43. The van der Waals surface area contributed by atoms with Gasteiger partial charge in [-0.3, -0.25) is 9.69 Å². The van der Waals surface area contributed by atoms with Crippen molar-refractivity contribution in [1.82, 2.24) is 10.2 Å². The number of allylic oxidation sites excluding steroid dienone is 1. The standard InChI is InChI=1S/C26H34N2O/c1-28(2)26(24-14-7-4-8-15-24)18-16-23(17-19-26)21-25(29)27-20-10-9-13-22-11-5-3-6-12-22/h3-8,11-12,14-15,21H,9-10,13,16-20H2,1-2H3,(H,27,29). The molecule has 1 aliphatic carbocycles. The molecule has 3 rings (SSSR count). The van der Waals surface area contributed by atoms with Crippen molar-refractivity contribution in [2.45, 2.75) is 50.5 Å². The van der Waals surface area contributed by atoms with E-state index in [2.05, 4.69) is 78.9 Å². The molecule has 1 N–H and O–H groups in total. The van der Waals surface area contributed by atoms with E-state index in [-0.39, 0.29) is 11.4 Å². The Labute approximate surface area is 175 Å². The lowest BCUT2D eigenvalue weighted by Gasteiger charge is -2.44. The first-order valence-corrected chi connectivity index (χ1v) is 10.8. The van der Waals surface area contributed by atoms with Gasteiger partial charge in [-0.1, -0.05) is 66.2 Å². The van der Waals surface area contributed by atoms with E-state index in [9.17, 15) is 4.79 Å². The van der Waals surface area contributed by atoms with Crippen LogP contribution in [0.1, 0.15) is 49.7 Å². The van der Waals surface area contributed by atoms with Crippen molar-refractivity contribution >= 4 is 5.91 Å². The van der Waals surface area contributed by atoms with Crippen LogP contribution in [0.5, 0.6) is 0 Å². The Hall–Kier alpha value is -2.39. The highest BCUT2D eigenvalue weighted by molar-refractivity contribution is 5.88.